The summed E-state index contributed by atoms with van der Waals surface area (Å²) in [5.74, 6) is 0.770. The molecule has 0 unspecified atom stereocenters. The second-order valence-corrected chi connectivity index (χ2v) is 5.63. The molecule has 2 aromatic rings. The van der Waals surface area contributed by atoms with Crippen molar-refractivity contribution in [2.45, 2.75) is 12.3 Å². The molecule has 1 aliphatic heterocycles. The number of carbonyl (C=O) groups excluding carboxylic acids is 1. The van der Waals surface area contributed by atoms with E-state index in [9.17, 15) is 4.79 Å². The third-order valence-electron chi connectivity index (χ3n) is 2.52. The first-order valence-electron chi connectivity index (χ1n) is 4.83. The van der Waals surface area contributed by atoms with Crippen molar-refractivity contribution in [2.75, 3.05) is 11.1 Å². The first-order chi connectivity index (χ1) is 7.74. The molecule has 1 amide bonds. The molecule has 0 fully saturated rings. The molecule has 0 aromatic carbocycles. The highest BCUT2D eigenvalue weighted by atomic mass is 32.1. The van der Waals surface area contributed by atoms with Gasteiger partial charge in [-0.25, -0.2) is 4.98 Å². The minimum atomic E-state index is 0.0104. The van der Waals surface area contributed by atoms with Crippen LogP contribution in [0.5, 0.6) is 0 Å². The average molecular weight is 251 g/mol. The largest absolute Gasteiger partial charge is 0.375 e. The molecule has 0 radical (unpaired) electrons. The number of thiazole rings is 1. The lowest BCUT2D eigenvalue weighted by Gasteiger charge is -2.19. The van der Waals surface area contributed by atoms with Gasteiger partial charge in [0.2, 0.25) is 5.91 Å². The molecule has 4 nitrogen and oxygen atoms in total. The van der Waals surface area contributed by atoms with Gasteiger partial charge in [-0.05, 0) is 11.4 Å². The highest BCUT2D eigenvalue weighted by molar-refractivity contribution is 7.16. The minimum Gasteiger partial charge on any atom is -0.375 e. The maximum absolute atomic E-state index is 11.6. The quantitative estimate of drug-likeness (QED) is 0.817. The normalized spacial score (nSPS) is 19.2. The summed E-state index contributed by atoms with van der Waals surface area (Å²) in [6.07, 6.45) is 0.481. The van der Waals surface area contributed by atoms with Gasteiger partial charge in [0.15, 0.2) is 5.13 Å². The van der Waals surface area contributed by atoms with Crippen molar-refractivity contribution in [1.82, 2.24) is 4.98 Å². The van der Waals surface area contributed by atoms with Gasteiger partial charge in [0.25, 0.3) is 0 Å². The van der Waals surface area contributed by atoms with Crippen LogP contribution < -0.4 is 11.1 Å². The molecule has 0 saturated carbocycles. The average Bonchev–Trinajstić information content (AvgIpc) is 2.83. The Balaban J connectivity index is 2.10. The topological polar surface area (TPSA) is 68.0 Å². The van der Waals surface area contributed by atoms with Crippen molar-refractivity contribution in [1.29, 1.82) is 0 Å². The second-order valence-electron chi connectivity index (χ2n) is 3.59. The van der Waals surface area contributed by atoms with Crippen molar-refractivity contribution in [3.63, 3.8) is 0 Å². The number of anilines is 2. The van der Waals surface area contributed by atoms with Crippen LogP contribution in [-0.4, -0.2) is 10.9 Å². The predicted octanol–water partition coefficient (Wildman–Crippen LogP) is 2.26. The number of nitrogen functional groups attached to an aromatic ring is 1. The van der Waals surface area contributed by atoms with E-state index in [0.29, 0.717) is 17.4 Å². The van der Waals surface area contributed by atoms with Gasteiger partial charge >= 0.3 is 0 Å². The van der Waals surface area contributed by atoms with Gasteiger partial charge in [-0.15, -0.1) is 11.3 Å². The zero-order valence-corrected chi connectivity index (χ0v) is 9.90. The summed E-state index contributed by atoms with van der Waals surface area (Å²) >= 11 is 3.12. The van der Waals surface area contributed by atoms with Gasteiger partial charge in [-0.3, -0.25) is 4.79 Å². The first kappa shape index (κ1) is 9.80. The predicted molar refractivity (Wildman–Crippen MR) is 65.9 cm³/mol. The van der Waals surface area contributed by atoms with Crippen LogP contribution in [0, 0.1) is 0 Å². The Morgan fingerprint density at radius 2 is 2.44 bits per heavy atom. The third-order valence-corrected chi connectivity index (χ3v) is 4.50. The molecule has 16 heavy (non-hydrogen) atoms. The summed E-state index contributed by atoms with van der Waals surface area (Å²) in [6, 6.07) is 4.05. The molecule has 3 heterocycles. The van der Waals surface area contributed by atoms with E-state index in [1.54, 1.807) is 11.3 Å². The second kappa shape index (κ2) is 3.57. The Hall–Kier alpha value is -1.40. The fourth-order valence-electron chi connectivity index (χ4n) is 1.86. The van der Waals surface area contributed by atoms with Crippen molar-refractivity contribution < 1.29 is 4.79 Å². The summed E-state index contributed by atoms with van der Waals surface area (Å²) < 4.78 is 0. The van der Waals surface area contributed by atoms with E-state index >= 15 is 0 Å². The van der Waals surface area contributed by atoms with Crippen LogP contribution in [0.4, 0.5) is 10.9 Å². The maximum Gasteiger partial charge on any atom is 0.226 e. The van der Waals surface area contributed by atoms with E-state index in [1.807, 2.05) is 17.5 Å². The standard InChI is InChI=1S/C10H9N3OS2/c11-10-13-9-8(16-10)5(4-7(14)12-9)6-2-1-3-15-6/h1-3,5H,4H2,(H2,11,13)(H,12,14)/t5-/m0/s1. The molecule has 2 aromatic heterocycles. The summed E-state index contributed by atoms with van der Waals surface area (Å²) in [6.45, 7) is 0. The van der Waals surface area contributed by atoms with Crippen molar-refractivity contribution >= 4 is 39.5 Å². The molecular formula is C10H9N3OS2. The number of aromatic nitrogens is 1. The van der Waals surface area contributed by atoms with Crippen LogP contribution in [0.3, 0.4) is 0 Å². The third kappa shape index (κ3) is 1.50. The van der Waals surface area contributed by atoms with E-state index in [1.165, 1.54) is 16.2 Å². The monoisotopic (exact) mass is 251 g/mol. The number of nitrogens with one attached hydrogen (secondary N) is 1. The molecule has 0 bridgehead atoms. The highest BCUT2D eigenvalue weighted by Crippen LogP contribution is 2.42. The van der Waals surface area contributed by atoms with Crippen LogP contribution in [0.15, 0.2) is 17.5 Å². The fraction of sp³-hybridized carbons (Fsp3) is 0.200. The van der Waals surface area contributed by atoms with Gasteiger partial charge in [0, 0.05) is 17.2 Å². The summed E-state index contributed by atoms with van der Waals surface area (Å²) in [5, 5.41) is 5.29. The highest BCUT2D eigenvalue weighted by Gasteiger charge is 2.30. The molecule has 3 rings (SSSR count). The number of amides is 1. The van der Waals surface area contributed by atoms with Crippen molar-refractivity contribution in [3.05, 3.63) is 27.3 Å². The van der Waals surface area contributed by atoms with Gasteiger partial charge < -0.3 is 11.1 Å². The van der Waals surface area contributed by atoms with Gasteiger partial charge in [0.05, 0.1) is 4.88 Å². The Bertz CT molecular complexity index is 532. The molecule has 1 atom stereocenters. The van der Waals surface area contributed by atoms with Crippen LogP contribution >= 0.6 is 22.7 Å². The Morgan fingerprint density at radius 3 is 3.19 bits per heavy atom. The molecule has 0 aliphatic carbocycles. The minimum absolute atomic E-state index is 0.0104. The van der Waals surface area contributed by atoms with Crippen LogP contribution in [0.1, 0.15) is 22.1 Å². The number of thiophene rings is 1. The number of hydrogen-bond acceptors (Lipinski definition) is 5. The molecule has 6 heteroatoms. The summed E-state index contributed by atoms with van der Waals surface area (Å²) in [5.41, 5.74) is 5.68. The van der Waals surface area contributed by atoms with Gasteiger partial charge in [-0.2, -0.15) is 0 Å². The SMILES string of the molecule is Nc1nc2c(s1)[C@H](c1cccs1)CC(=O)N2. The molecular weight excluding hydrogens is 242 g/mol. The van der Waals surface area contributed by atoms with Crippen molar-refractivity contribution in [3.8, 4) is 0 Å². The summed E-state index contributed by atoms with van der Waals surface area (Å²) in [4.78, 5) is 18.0. The van der Waals surface area contributed by atoms with Crippen LogP contribution in [0.2, 0.25) is 0 Å². The van der Waals surface area contributed by atoms with E-state index in [0.717, 1.165) is 4.88 Å². The zero-order chi connectivity index (χ0) is 11.1. The molecule has 82 valence electrons. The van der Waals surface area contributed by atoms with Gasteiger partial charge in [-0.1, -0.05) is 17.4 Å². The fourth-order valence-corrected chi connectivity index (χ4v) is 3.67. The maximum atomic E-state index is 11.6. The number of rotatable bonds is 1. The van der Waals surface area contributed by atoms with Gasteiger partial charge in [0.1, 0.15) is 5.82 Å². The van der Waals surface area contributed by atoms with E-state index in [4.69, 9.17) is 5.73 Å². The lowest BCUT2D eigenvalue weighted by atomic mass is 9.98. The van der Waals surface area contributed by atoms with Crippen molar-refractivity contribution in [2.24, 2.45) is 0 Å². The Kier molecular flexibility index (Phi) is 2.19. The number of nitrogens with two attached hydrogens (primary N) is 1. The number of nitrogens with zero attached hydrogens (tertiary/aromatic N) is 1. The van der Waals surface area contributed by atoms with Crippen LogP contribution in [-0.2, 0) is 4.79 Å². The Morgan fingerprint density at radius 1 is 1.56 bits per heavy atom. The first-order valence-corrected chi connectivity index (χ1v) is 6.53. The lowest BCUT2D eigenvalue weighted by molar-refractivity contribution is -0.116. The summed E-state index contributed by atoms with van der Waals surface area (Å²) in [7, 11) is 0. The van der Waals surface area contributed by atoms with Crippen LogP contribution in [0.25, 0.3) is 0 Å². The molecule has 0 saturated heterocycles. The molecule has 1 aliphatic rings. The number of hydrogen-bond donors (Lipinski definition) is 2. The van der Waals surface area contributed by atoms with E-state index < -0.39 is 0 Å². The van der Waals surface area contributed by atoms with E-state index in [2.05, 4.69) is 10.3 Å². The van der Waals surface area contributed by atoms with E-state index in [-0.39, 0.29) is 11.8 Å². The smallest absolute Gasteiger partial charge is 0.226 e. The Labute approximate surface area is 100 Å². The number of carbonyl (C=O) groups is 1. The zero-order valence-electron chi connectivity index (χ0n) is 8.27. The molecule has 3 N–H and O–H groups in total. The molecule has 0 spiro atoms. The number of fused-ring (bicyclic) bond motifs is 1. The lowest BCUT2D eigenvalue weighted by Crippen LogP contribution is -2.22.